The molecule has 0 unspecified atom stereocenters. The van der Waals surface area contributed by atoms with Gasteiger partial charge in [-0.1, -0.05) is 12.1 Å². The molecule has 0 fully saturated rings. The Morgan fingerprint density at radius 1 is 1.28 bits per heavy atom. The molecular formula is C16H19N5O3S. The highest BCUT2D eigenvalue weighted by Gasteiger charge is 2.29. The van der Waals surface area contributed by atoms with Gasteiger partial charge in [-0.3, -0.25) is 19.2 Å². The van der Waals surface area contributed by atoms with Gasteiger partial charge in [0.1, 0.15) is 5.84 Å². The number of aliphatic imine (C=N–C) groups is 1. The summed E-state index contributed by atoms with van der Waals surface area (Å²) >= 11 is 0. The maximum atomic E-state index is 12.0. The van der Waals surface area contributed by atoms with Gasteiger partial charge in [-0.15, -0.1) is 0 Å². The van der Waals surface area contributed by atoms with Gasteiger partial charge in [0, 0.05) is 37.5 Å². The van der Waals surface area contributed by atoms with E-state index in [4.69, 9.17) is 0 Å². The second-order valence-electron chi connectivity index (χ2n) is 5.55. The van der Waals surface area contributed by atoms with Crippen LogP contribution in [-0.2, 0) is 21.4 Å². The third-order valence-electron chi connectivity index (χ3n) is 3.72. The highest BCUT2D eigenvalue weighted by molar-refractivity contribution is 7.90. The fraction of sp³-hybridized carbons (Fsp3) is 0.312. The van der Waals surface area contributed by atoms with Crippen LogP contribution < -0.4 is 10.0 Å². The minimum absolute atomic E-state index is 0.112. The Hall–Kier alpha value is -2.68. The van der Waals surface area contributed by atoms with Crippen LogP contribution in [0.25, 0.3) is 0 Å². The molecule has 1 aliphatic rings. The fourth-order valence-electron chi connectivity index (χ4n) is 2.51. The molecule has 0 saturated carbocycles. The lowest BCUT2D eigenvalue weighted by Gasteiger charge is -2.05. The van der Waals surface area contributed by atoms with Crippen molar-refractivity contribution in [2.45, 2.75) is 24.3 Å². The van der Waals surface area contributed by atoms with E-state index in [1.807, 2.05) is 16.9 Å². The van der Waals surface area contributed by atoms with Crippen molar-refractivity contribution >= 4 is 21.8 Å². The predicted octanol–water partition coefficient (Wildman–Crippen LogP) is 0.518. The van der Waals surface area contributed by atoms with Crippen LogP contribution in [0.2, 0.25) is 0 Å². The molecule has 0 saturated heterocycles. The Bertz CT molecular complexity index is 875. The first-order valence-corrected chi connectivity index (χ1v) is 9.45. The Balaban J connectivity index is 1.45. The number of nitrogens with one attached hydrogen (secondary N) is 2. The number of carbonyl (C=O) groups is 1. The molecule has 132 valence electrons. The van der Waals surface area contributed by atoms with Crippen LogP contribution in [0.15, 0.2) is 52.6 Å². The molecule has 2 N–H and O–H groups in total. The van der Waals surface area contributed by atoms with E-state index in [1.54, 1.807) is 24.4 Å². The van der Waals surface area contributed by atoms with Crippen LogP contribution in [0.4, 0.5) is 0 Å². The summed E-state index contributed by atoms with van der Waals surface area (Å²) in [5, 5.41) is 6.90. The molecule has 2 heterocycles. The summed E-state index contributed by atoms with van der Waals surface area (Å²) in [6.07, 6.45) is 4.58. The van der Waals surface area contributed by atoms with Gasteiger partial charge >= 0.3 is 0 Å². The third kappa shape index (κ3) is 4.24. The molecule has 0 atom stereocenters. The first-order valence-electron chi connectivity index (χ1n) is 7.97. The summed E-state index contributed by atoms with van der Waals surface area (Å²) in [7, 11) is -3.53. The molecule has 1 aliphatic heterocycles. The smallest absolute Gasteiger partial charge is 0.263 e. The van der Waals surface area contributed by atoms with Crippen molar-refractivity contribution in [2.75, 3.05) is 13.1 Å². The standard InChI is InChI=1S/C16H19N5O3S/c22-15(17-8-3-11-21-12-4-9-19-21)7-10-18-16-13-5-1-2-6-14(13)25(23,24)20-16/h1-2,4-6,9,12H,3,7-8,10-11H2,(H,17,22)(H,18,20). The number of sulfonamides is 1. The SMILES string of the molecule is O=C(CCN=C1NS(=O)(=O)c2ccccc21)NCCCn1cccn1. The van der Waals surface area contributed by atoms with Gasteiger partial charge in [0.2, 0.25) is 5.91 Å². The number of aromatic nitrogens is 2. The Kier molecular flexibility index (Phi) is 5.13. The van der Waals surface area contributed by atoms with Crippen LogP contribution >= 0.6 is 0 Å². The van der Waals surface area contributed by atoms with Crippen molar-refractivity contribution in [1.29, 1.82) is 0 Å². The Morgan fingerprint density at radius 2 is 2.12 bits per heavy atom. The van der Waals surface area contributed by atoms with Gasteiger partial charge in [-0.2, -0.15) is 5.10 Å². The molecule has 1 aromatic heterocycles. The molecule has 0 radical (unpaired) electrons. The molecule has 25 heavy (non-hydrogen) atoms. The van der Waals surface area contributed by atoms with Gasteiger partial charge in [0.15, 0.2) is 0 Å². The van der Waals surface area contributed by atoms with Gasteiger partial charge in [-0.05, 0) is 24.6 Å². The number of amidine groups is 1. The first-order chi connectivity index (χ1) is 12.1. The predicted molar refractivity (Wildman–Crippen MR) is 92.6 cm³/mol. The van der Waals surface area contributed by atoms with E-state index >= 15 is 0 Å². The van der Waals surface area contributed by atoms with Crippen molar-refractivity contribution in [3.63, 3.8) is 0 Å². The third-order valence-corrected chi connectivity index (χ3v) is 5.11. The topological polar surface area (TPSA) is 105 Å². The van der Waals surface area contributed by atoms with Crippen molar-refractivity contribution in [3.8, 4) is 0 Å². The lowest BCUT2D eigenvalue weighted by atomic mass is 10.2. The molecule has 1 amide bonds. The van der Waals surface area contributed by atoms with E-state index in [-0.39, 0.29) is 23.8 Å². The number of rotatable bonds is 7. The van der Waals surface area contributed by atoms with Crippen molar-refractivity contribution < 1.29 is 13.2 Å². The minimum atomic E-state index is -3.53. The van der Waals surface area contributed by atoms with E-state index in [9.17, 15) is 13.2 Å². The zero-order valence-corrected chi connectivity index (χ0v) is 14.4. The van der Waals surface area contributed by atoms with E-state index in [0.717, 1.165) is 13.0 Å². The van der Waals surface area contributed by atoms with E-state index in [1.165, 1.54) is 6.07 Å². The maximum absolute atomic E-state index is 12.0. The van der Waals surface area contributed by atoms with E-state index < -0.39 is 10.0 Å². The monoisotopic (exact) mass is 361 g/mol. The summed E-state index contributed by atoms with van der Waals surface area (Å²) in [4.78, 5) is 16.2. The van der Waals surface area contributed by atoms with Crippen LogP contribution in [0.1, 0.15) is 18.4 Å². The lowest BCUT2D eigenvalue weighted by Crippen LogP contribution is -2.26. The van der Waals surface area contributed by atoms with Gasteiger partial charge in [-0.25, -0.2) is 8.42 Å². The summed E-state index contributed by atoms with van der Waals surface area (Å²) in [6, 6.07) is 8.50. The molecule has 1 aromatic carbocycles. The second-order valence-corrected chi connectivity index (χ2v) is 7.21. The highest BCUT2D eigenvalue weighted by Crippen LogP contribution is 2.22. The number of hydrogen-bond donors (Lipinski definition) is 2. The first kappa shape index (κ1) is 17.2. The zero-order chi connectivity index (χ0) is 17.7. The summed E-state index contributed by atoms with van der Waals surface area (Å²) in [5.74, 6) is 0.182. The zero-order valence-electron chi connectivity index (χ0n) is 13.6. The fourth-order valence-corrected chi connectivity index (χ4v) is 3.76. The lowest BCUT2D eigenvalue weighted by molar-refractivity contribution is -0.120. The second kappa shape index (κ2) is 7.47. The number of amides is 1. The number of fused-ring (bicyclic) bond motifs is 1. The van der Waals surface area contributed by atoms with Gasteiger partial charge < -0.3 is 5.32 Å². The van der Waals surface area contributed by atoms with Crippen LogP contribution in [-0.4, -0.2) is 43.0 Å². The summed E-state index contributed by atoms with van der Waals surface area (Å²) in [5.41, 5.74) is 0.544. The average molecular weight is 361 g/mol. The molecule has 0 bridgehead atoms. The Labute approximate surface area is 146 Å². The molecule has 0 spiro atoms. The van der Waals surface area contributed by atoms with Crippen LogP contribution in [0.3, 0.4) is 0 Å². The molecule has 3 rings (SSSR count). The van der Waals surface area contributed by atoms with Crippen LogP contribution in [0, 0.1) is 0 Å². The maximum Gasteiger partial charge on any atom is 0.263 e. The summed E-state index contributed by atoms with van der Waals surface area (Å²) in [6.45, 7) is 1.52. The van der Waals surface area contributed by atoms with E-state index in [0.29, 0.717) is 17.9 Å². The van der Waals surface area contributed by atoms with Crippen molar-refractivity contribution in [1.82, 2.24) is 19.8 Å². The number of aryl methyl sites for hydroxylation is 1. The van der Waals surface area contributed by atoms with Crippen molar-refractivity contribution in [3.05, 3.63) is 48.3 Å². The molecule has 8 nitrogen and oxygen atoms in total. The van der Waals surface area contributed by atoms with E-state index in [2.05, 4.69) is 20.1 Å². The summed E-state index contributed by atoms with van der Waals surface area (Å²) < 4.78 is 28.1. The average Bonchev–Trinajstić information content (AvgIpc) is 3.19. The highest BCUT2D eigenvalue weighted by atomic mass is 32.2. The molecule has 0 aliphatic carbocycles. The molecule has 9 heteroatoms. The number of benzene rings is 1. The van der Waals surface area contributed by atoms with Crippen LogP contribution in [0.5, 0.6) is 0 Å². The number of hydrogen-bond acceptors (Lipinski definition) is 5. The quantitative estimate of drug-likeness (QED) is 0.701. The number of carbonyl (C=O) groups excluding carboxylic acids is 1. The number of nitrogens with zero attached hydrogens (tertiary/aromatic N) is 3. The molecular weight excluding hydrogens is 342 g/mol. The van der Waals surface area contributed by atoms with Crippen molar-refractivity contribution in [2.24, 2.45) is 4.99 Å². The minimum Gasteiger partial charge on any atom is -0.356 e. The van der Waals surface area contributed by atoms with Gasteiger partial charge in [0.05, 0.1) is 11.4 Å². The normalized spacial score (nSPS) is 16.4. The Morgan fingerprint density at radius 3 is 2.92 bits per heavy atom. The van der Waals surface area contributed by atoms with Gasteiger partial charge in [0.25, 0.3) is 10.0 Å². The molecule has 2 aromatic rings. The largest absolute Gasteiger partial charge is 0.356 e.